The van der Waals surface area contributed by atoms with Crippen LogP contribution >= 0.6 is 0 Å². The Morgan fingerprint density at radius 2 is 1.86 bits per heavy atom. The smallest absolute Gasteiger partial charge is 0.254 e. The van der Waals surface area contributed by atoms with E-state index in [4.69, 9.17) is 10.1 Å². The van der Waals surface area contributed by atoms with Gasteiger partial charge in [-0.05, 0) is 42.3 Å². The van der Waals surface area contributed by atoms with Crippen LogP contribution in [-0.2, 0) is 17.8 Å². The van der Waals surface area contributed by atoms with E-state index in [1.54, 1.807) is 13.2 Å². The van der Waals surface area contributed by atoms with Gasteiger partial charge in [0.25, 0.3) is 5.91 Å². The minimum absolute atomic E-state index is 0.0125. The van der Waals surface area contributed by atoms with E-state index in [1.807, 2.05) is 50.2 Å². The predicted molar refractivity (Wildman–Crippen MR) is 139 cm³/mol. The molecule has 0 aliphatic rings. The number of carbonyl (C=O) groups is 1. The molecule has 0 saturated heterocycles. The first-order valence-corrected chi connectivity index (χ1v) is 11.9. The first-order valence-electron chi connectivity index (χ1n) is 11.9. The molecule has 0 radical (unpaired) electrons. The van der Waals surface area contributed by atoms with Gasteiger partial charge < -0.3 is 14.6 Å². The SMILES string of the molecule is CNC(OC=N)c1cc2c(cn1)c(C(=O)NCc1ccc(F)c(F)c1)c(C(C)C)n2Cc1ccccc1. The molecule has 1 unspecified atom stereocenters. The number of hydrogen-bond donors (Lipinski definition) is 3. The normalized spacial score (nSPS) is 12.1. The van der Waals surface area contributed by atoms with Gasteiger partial charge in [-0.25, -0.2) is 8.78 Å². The number of nitrogens with one attached hydrogen (secondary N) is 3. The molecule has 0 fully saturated rings. The van der Waals surface area contributed by atoms with Crippen LogP contribution in [0.4, 0.5) is 8.78 Å². The number of carbonyl (C=O) groups excluding carboxylic acids is 1. The van der Waals surface area contributed by atoms with Crippen molar-refractivity contribution in [3.8, 4) is 0 Å². The van der Waals surface area contributed by atoms with E-state index in [0.29, 0.717) is 28.8 Å². The van der Waals surface area contributed by atoms with Crippen LogP contribution in [0.5, 0.6) is 0 Å². The van der Waals surface area contributed by atoms with Gasteiger partial charge in [0.1, 0.15) is 0 Å². The van der Waals surface area contributed by atoms with Crippen LogP contribution in [0.15, 0.2) is 60.8 Å². The van der Waals surface area contributed by atoms with Gasteiger partial charge in [0.2, 0.25) is 0 Å². The fourth-order valence-corrected chi connectivity index (χ4v) is 4.47. The van der Waals surface area contributed by atoms with Crippen LogP contribution < -0.4 is 10.6 Å². The summed E-state index contributed by atoms with van der Waals surface area (Å²) in [5.41, 5.74) is 4.19. The van der Waals surface area contributed by atoms with Gasteiger partial charge >= 0.3 is 0 Å². The largest absolute Gasteiger partial charge is 0.460 e. The summed E-state index contributed by atoms with van der Waals surface area (Å²) in [6.07, 6.45) is 1.87. The summed E-state index contributed by atoms with van der Waals surface area (Å²) in [6, 6.07) is 15.4. The lowest BCUT2D eigenvalue weighted by atomic mass is 10.0. The molecule has 1 atom stereocenters. The molecule has 192 valence electrons. The quantitative estimate of drug-likeness (QED) is 0.156. The van der Waals surface area contributed by atoms with Crippen molar-refractivity contribution in [3.05, 3.63) is 101 Å². The van der Waals surface area contributed by atoms with Crippen molar-refractivity contribution in [2.45, 2.75) is 39.1 Å². The molecule has 0 bridgehead atoms. The molecule has 4 aromatic rings. The van der Waals surface area contributed by atoms with Gasteiger partial charge in [0.15, 0.2) is 24.3 Å². The van der Waals surface area contributed by atoms with Crippen LogP contribution in [0.1, 0.15) is 58.9 Å². The standard InChI is InChI=1S/C28H29F2N5O2/c1-17(2)26-25(27(36)34-13-19-9-10-21(29)22(30)11-19)20-14-33-23(28(32-3)37-16-31)12-24(20)35(26)15-18-7-5-4-6-8-18/h4-12,14,16-17,28,31-32H,13,15H2,1-3H3,(H,34,36). The maximum Gasteiger partial charge on any atom is 0.254 e. The average molecular weight is 506 g/mol. The summed E-state index contributed by atoms with van der Waals surface area (Å²) in [5, 5.41) is 13.8. The summed E-state index contributed by atoms with van der Waals surface area (Å²) in [7, 11) is 1.71. The van der Waals surface area contributed by atoms with Crippen LogP contribution in [0, 0.1) is 17.0 Å². The fraction of sp³-hybridized carbons (Fsp3) is 0.250. The highest BCUT2D eigenvalue weighted by Gasteiger charge is 2.26. The minimum atomic E-state index is -0.961. The molecule has 0 saturated carbocycles. The van der Waals surface area contributed by atoms with E-state index < -0.39 is 17.9 Å². The molecule has 9 heteroatoms. The number of hydrogen-bond acceptors (Lipinski definition) is 5. The van der Waals surface area contributed by atoms with Gasteiger partial charge in [0.05, 0.1) is 16.8 Å². The second-order valence-corrected chi connectivity index (χ2v) is 8.97. The lowest BCUT2D eigenvalue weighted by Gasteiger charge is -2.16. The molecule has 3 N–H and O–H groups in total. The Hall–Kier alpha value is -4.11. The second-order valence-electron chi connectivity index (χ2n) is 8.97. The van der Waals surface area contributed by atoms with Crippen molar-refractivity contribution >= 4 is 23.2 Å². The van der Waals surface area contributed by atoms with Crippen LogP contribution in [-0.4, -0.2) is 28.9 Å². The predicted octanol–water partition coefficient (Wildman–Crippen LogP) is 5.26. The van der Waals surface area contributed by atoms with Gasteiger partial charge in [0, 0.05) is 30.4 Å². The van der Waals surface area contributed by atoms with Crippen molar-refractivity contribution in [2.24, 2.45) is 0 Å². The highest BCUT2D eigenvalue weighted by molar-refractivity contribution is 6.08. The summed E-state index contributed by atoms with van der Waals surface area (Å²) in [5.74, 6) is -2.24. The van der Waals surface area contributed by atoms with Crippen molar-refractivity contribution in [1.29, 1.82) is 5.41 Å². The topological polar surface area (TPSA) is 92.0 Å². The van der Waals surface area contributed by atoms with E-state index in [2.05, 4.69) is 20.2 Å². The van der Waals surface area contributed by atoms with Crippen molar-refractivity contribution in [3.63, 3.8) is 0 Å². The maximum atomic E-state index is 13.7. The Bertz CT molecular complexity index is 1420. The third-order valence-electron chi connectivity index (χ3n) is 6.14. The second kappa shape index (κ2) is 11.3. The molecule has 7 nitrogen and oxygen atoms in total. The molecule has 1 amide bonds. The number of benzene rings is 2. The molecular formula is C28H29F2N5O2. The summed E-state index contributed by atoms with van der Waals surface area (Å²) < 4.78 is 34.4. The van der Waals surface area contributed by atoms with Gasteiger partial charge in [-0.2, -0.15) is 0 Å². The Morgan fingerprint density at radius 1 is 1.11 bits per heavy atom. The van der Waals surface area contributed by atoms with Crippen LogP contribution in [0.3, 0.4) is 0 Å². The van der Waals surface area contributed by atoms with Crippen molar-refractivity contribution < 1.29 is 18.3 Å². The number of aromatic nitrogens is 2. The van der Waals surface area contributed by atoms with Crippen molar-refractivity contribution in [1.82, 2.24) is 20.2 Å². The zero-order chi connectivity index (χ0) is 26.5. The molecule has 2 aromatic carbocycles. The number of nitrogens with zero attached hydrogens (tertiary/aromatic N) is 2. The highest BCUT2D eigenvalue weighted by atomic mass is 19.2. The summed E-state index contributed by atoms with van der Waals surface area (Å²) in [6.45, 7) is 4.61. The highest BCUT2D eigenvalue weighted by Crippen LogP contribution is 2.33. The summed E-state index contributed by atoms with van der Waals surface area (Å²) in [4.78, 5) is 18.1. The molecular weight excluding hydrogens is 476 g/mol. The molecule has 2 heterocycles. The van der Waals surface area contributed by atoms with E-state index in [1.165, 1.54) is 6.07 Å². The van der Waals surface area contributed by atoms with E-state index in [0.717, 1.165) is 35.3 Å². The first kappa shape index (κ1) is 26.0. The van der Waals surface area contributed by atoms with E-state index in [9.17, 15) is 13.6 Å². The van der Waals surface area contributed by atoms with E-state index >= 15 is 0 Å². The monoisotopic (exact) mass is 505 g/mol. The van der Waals surface area contributed by atoms with Crippen molar-refractivity contribution in [2.75, 3.05) is 7.05 Å². The zero-order valence-electron chi connectivity index (χ0n) is 20.9. The molecule has 0 aliphatic carbocycles. The van der Waals surface area contributed by atoms with E-state index in [-0.39, 0.29) is 18.4 Å². The Labute approximate surface area is 214 Å². The Morgan fingerprint density at radius 3 is 2.51 bits per heavy atom. The Balaban J connectivity index is 1.82. The maximum absolute atomic E-state index is 13.7. The summed E-state index contributed by atoms with van der Waals surface area (Å²) >= 11 is 0. The average Bonchev–Trinajstić information content (AvgIpc) is 3.22. The fourth-order valence-electron chi connectivity index (χ4n) is 4.47. The minimum Gasteiger partial charge on any atom is -0.460 e. The molecule has 37 heavy (non-hydrogen) atoms. The molecule has 0 aliphatic heterocycles. The molecule has 4 rings (SSSR count). The number of pyridine rings is 1. The van der Waals surface area contributed by atoms with Gasteiger partial charge in [-0.15, -0.1) is 0 Å². The number of rotatable bonds is 10. The number of ether oxygens (including phenoxy) is 1. The number of fused-ring (bicyclic) bond motifs is 1. The Kier molecular flexibility index (Phi) is 7.93. The molecule has 0 spiro atoms. The van der Waals surface area contributed by atoms with Crippen LogP contribution in [0.2, 0.25) is 0 Å². The zero-order valence-corrected chi connectivity index (χ0v) is 20.9. The van der Waals surface area contributed by atoms with Gasteiger partial charge in [-0.1, -0.05) is 50.2 Å². The lowest BCUT2D eigenvalue weighted by Crippen LogP contribution is -2.24. The number of halogens is 2. The van der Waals surface area contributed by atoms with Gasteiger partial charge in [-0.3, -0.25) is 20.5 Å². The third-order valence-corrected chi connectivity index (χ3v) is 6.14. The lowest BCUT2D eigenvalue weighted by molar-refractivity contribution is 0.0951. The molecule has 2 aromatic heterocycles. The first-order chi connectivity index (χ1) is 17.8. The third kappa shape index (κ3) is 5.51. The number of amides is 1. The van der Waals surface area contributed by atoms with Crippen LogP contribution in [0.25, 0.3) is 10.9 Å².